The lowest BCUT2D eigenvalue weighted by Gasteiger charge is -2.35. The van der Waals surface area contributed by atoms with Crippen LogP contribution in [0.1, 0.15) is 78.6 Å². The standard InChI is InChI=1S/C21H36N2O2/c1-20(2,3)25-19(24)23-13-5-8-18(23)16-6-4-7-17(16)22-14-21(11-12-21)15-9-10-15/h15-18,22H,4-14H2,1-3H3. The van der Waals surface area contributed by atoms with Gasteiger partial charge in [0.25, 0.3) is 0 Å². The van der Waals surface area contributed by atoms with Crippen LogP contribution in [0.15, 0.2) is 0 Å². The normalized spacial score (nSPS) is 34.4. The lowest BCUT2D eigenvalue weighted by atomic mass is 9.91. The summed E-state index contributed by atoms with van der Waals surface area (Å²) in [5.41, 5.74) is 0.258. The summed E-state index contributed by atoms with van der Waals surface area (Å²) >= 11 is 0. The number of ether oxygens (including phenoxy) is 1. The largest absolute Gasteiger partial charge is 0.444 e. The van der Waals surface area contributed by atoms with Crippen LogP contribution < -0.4 is 5.32 Å². The molecular weight excluding hydrogens is 312 g/mol. The molecule has 0 aromatic carbocycles. The second-order valence-electron chi connectivity index (χ2n) is 10.1. The van der Waals surface area contributed by atoms with Gasteiger partial charge in [-0.15, -0.1) is 0 Å². The maximum absolute atomic E-state index is 12.6. The zero-order valence-electron chi connectivity index (χ0n) is 16.4. The Hall–Kier alpha value is -0.770. The van der Waals surface area contributed by atoms with Crippen LogP contribution >= 0.6 is 0 Å². The van der Waals surface area contributed by atoms with Crippen LogP contribution in [-0.2, 0) is 4.74 Å². The Bertz CT molecular complexity index is 505. The van der Waals surface area contributed by atoms with Gasteiger partial charge in [0.05, 0.1) is 0 Å². The van der Waals surface area contributed by atoms with E-state index >= 15 is 0 Å². The topological polar surface area (TPSA) is 41.6 Å². The van der Waals surface area contributed by atoms with E-state index in [4.69, 9.17) is 4.74 Å². The van der Waals surface area contributed by atoms with E-state index in [1.54, 1.807) is 0 Å². The van der Waals surface area contributed by atoms with E-state index in [1.165, 1.54) is 51.5 Å². The molecule has 1 saturated heterocycles. The predicted molar refractivity (Wildman–Crippen MR) is 99.5 cm³/mol. The summed E-state index contributed by atoms with van der Waals surface area (Å²) in [7, 11) is 0. The average Bonchev–Trinajstić information content (AvgIpc) is 3.42. The first-order chi connectivity index (χ1) is 11.9. The summed E-state index contributed by atoms with van der Waals surface area (Å²) in [6, 6.07) is 0.982. The van der Waals surface area contributed by atoms with Gasteiger partial charge in [-0.3, -0.25) is 0 Å². The van der Waals surface area contributed by atoms with Crippen LogP contribution in [0.3, 0.4) is 0 Å². The fourth-order valence-corrected chi connectivity index (χ4v) is 5.41. The van der Waals surface area contributed by atoms with Crippen LogP contribution in [0.5, 0.6) is 0 Å². The number of carbonyl (C=O) groups is 1. The summed E-state index contributed by atoms with van der Waals surface area (Å²) in [5.74, 6) is 1.63. The van der Waals surface area contributed by atoms with Crippen molar-refractivity contribution in [3.05, 3.63) is 0 Å². The summed E-state index contributed by atoms with van der Waals surface area (Å²) in [5, 5.41) is 3.96. The lowest BCUT2D eigenvalue weighted by molar-refractivity contribution is 0.0166. The molecule has 0 spiro atoms. The molecule has 1 N–H and O–H groups in total. The van der Waals surface area contributed by atoms with Crippen molar-refractivity contribution in [2.24, 2.45) is 17.3 Å². The van der Waals surface area contributed by atoms with E-state index in [0.29, 0.717) is 23.4 Å². The smallest absolute Gasteiger partial charge is 0.410 e. The molecule has 0 bridgehead atoms. The molecule has 4 nitrogen and oxygen atoms in total. The Kier molecular flexibility index (Phi) is 4.54. The molecule has 0 aromatic heterocycles. The Morgan fingerprint density at radius 1 is 1.12 bits per heavy atom. The maximum atomic E-state index is 12.6. The number of nitrogens with one attached hydrogen (secondary N) is 1. The van der Waals surface area contributed by atoms with Gasteiger partial charge in [0.1, 0.15) is 5.60 Å². The highest BCUT2D eigenvalue weighted by Gasteiger charge is 2.54. The molecule has 0 radical (unpaired) electrons. The molecule has 3 atom stereocenters. The quantitative estimate of drug-likeness (QED) is 0.804. The van der Waals surface area contributed by atoms with Crippen molar-refractivity contribution >= 4 is 6.09 Å². The van der Waals surface area contributed by atoms with E-state index < -0.39 is 5.60 Å². The van der Waals surface area contributed by atoms with E-state index in [2.05, 4.69) is 5.32 Å². The Morgan fingerprint density at radius 2 is 1.88 bits per heavy atom. The Balaban J connectivity index is 1.36. The average molecular weight is 349 g/mol. The van der Waals surface area contributed by atoms with Crippen molar-refractivity contribution in [1.29, 1.82) is 0 Å². The van der Waals surface area contributed by atoms with Crippen molar-refractivity contribution in [2.75, 3.05) is 13.1 Å². The summed E-state index contributed by atoms with van der Waals surface area (Å²) < 4.78 is 5.68. The van der Waals surface area contributed by atoms with Crippen LogP contribution in [0, 0.1) is 17.3 Å². The number of amides is 1. The first-order valence-electron chi connectivity index (χ1n) is 10.6. The van der Waals surface area contributed by atoms with Crippen LogP contribution in [-0.4, -0.2) is 41.8 Å². The fourth-order valence-electron chi connectivity index (χ4n) is 5.41. The summed E-state index contributed by atoms with van der Waals surface area (Å²) in [6.45, 7) is 7.97. The highest BCUT2D eigenvalue weighted by molar-refractivity contribution is 5.69. The molecule has 1 heterocycles. The third-order valence-corrected chi connectivity index (χ3v) is 7.04. The molecule has 4 fully saturated rings. The van der Waals surface area contributed by atoms with E-state index in [1.807, 2.05) is 25.7 Å². The molecule has 0 aromatic rings. The Labute approximate surface area is 153 Å². The SMILES string of the molecule is CC(C)(C)OC(=O)N1CCCC1C1CCCC1NCC1(C2CC2)CC1. The Morgan fingerprint density at radius 3 is 2.52 bits per heavy atom. The van der Waals surface area contributed by atoms with Crippen LogP contribution in [0.4, 0.5) is 4.79 Å². The summed E-state index contributed by atoms with van der Waals surface area (Å²) in [6.07, 6.45) is 11.8. The van der Waals surface area contributed by atoms with Gasteiger partial charge in [0.2, 0.25) is 0 Å². The molecule has 25 heavy (non-hydrogen) atoms. The number of nitrogens with zero attached hydrogens (tertiary/aromatic N) is 1. The molecule has 4 rings (SSSR count). The molecule has 1 aliphatic heterocycles. The molecule has 4 heteroatoms. The van der Waals surface area contributed by atoms with Crippen LogP contribution in [0.25, 0.3) is 0 Å². The molecular formula is C21H36N2O2. The molecule has 3 unspecified atom stereocenters. The third-order valence-electron chi connectivity index (χ3n) is 7.04. The molecule has 3 saturated carbocycles. The van der Waals surface area contributed by atoms with Gasteiger partial charge in [-0.25, -0.2) is 4.79 Å². The van der Waals surface area contributed by atoms with Gasteiger partial charge in [0.15, 0.2) is 0 Å². The van der Waals surface area contributed by atoms with Gasteiger partial charge in [-0.05, 0) is 89.4 Å². The number of rotatable bonds is 5. The highest BCUT2D eigenvalue weighted by atomic mass is 16.6. The van der Waals surface area contributed by atoms with Crippen molar-refractivity contribution in [3.63, 3.8) is 0 Å². The first kappa shape index (κ1) is 17.6. The van der Waals surface area contributed by atoms with Crippen molar-refractivity contribution in [2.45, 2.75) is 96.2 Å². The van der Waals surface area contributed by atoms with E-state index in [0.717, 1.165) is 25.3 Å². The fraction of sp³-hybridized carbons (Fsp3) is 0.952. The maximum Gasteiger partial charge on any atom is 0.410 e. The number of hydrogen-bond acceptors (Lipinski definition) is 3. The van der Waals surface area contributed by atoms with Gasteiger partial charge in [-0.1, -0.05) is 6.42 Å². The minimum absolute atomic E-state index is 0.0997. The molecule has 1 amide bonds. The van der Waals surface area contributed by atoms with Gasteiger partial charge in [0, 0.05) is 25.2 Å². The zero-order chi connectivity index (χ0) is 17.7. The van der Waals surface area contributed by atoms with Crippen molar-refractivity contribution < 1.29 is 9.53 Å². The predicted octanol–water partition coefficient (Wildman–Crippen LogP) is 4.33. The van der Waals surface area contributed by atoms with Gasteiger partial charge in [-0.2, -0.15) is 0 Å². The number of likely N-dealkylation sites (tertiary alicyclic amines) is 1. The number of hydrogen-bond donors (Lipinski definition) is 1. The minimum Gasteiger partial charge on any atom is -0.444 e. The van der Waals surface area contributed by atoms with Gasteiger partial charge >= 0.3 is 6.09 Å². The highest BCUT2D eigenvalue weighted by Crippen LogP contribution is 2.61. The molecule has 142 valence electrons. The molecule has 4 aliphatic rings. The van der Waals surface area contributed by atoms with Crippen molar-refractivity contribution in [3.8, 4) is 0 Å². The van der Waals surface area contributed by atoms with E-state index in [-0.39, 0.29) is 6.09 Å². The minimum atomic E-state index is -0.403. The second kappa shape index (κ2) is 6.44. The van der Waals surface area contributed by atoms with Crippen molar-refractivity contribution in [1.82, 2.24) is 10.2 Å². The van der Waals surface area contributed by atoms with Gasteiger partial charge < -0.3 is 15.0 Å². The summed E-state index contributed by atoms with van der Waals surface area (Å²) in [4.78, 5) is 14.7. The van der Waals surface area contributed by atoms with E-state index in [9.17, 15) is 4.79 Å². The first-order valence-corrected chi connectivity index (χ1v) is 10.6. The third kappa shape index (κ3) is 3.84. The zero-order valence-corrected chi connectivity index (χ0v) is 16.4. The number of carbonyl (C=O) groups excluding carboxylic acids is 1. The second-order valence-corrected chi connectivity index (χ2v) is 10.1. The lowest BCUT2D eigenvalue weighted by Crippen LogP contribution is -2.48. The monoisotopic (exact) mass is 348 g/mol. The van der Waals surface area contributed by atoms with Crippen LogP contribution in [0.2, 0.25) is 0 Å². The molecule has 3 aliphatic carbocycles.